The molecule has 0 bridgehead atoms. The number of benzene rings is 4. The molecule has 1 radical (unpaired) electrons. The van der Waals surface area contributed by atoms with Gasteiger partial charge in [-0.15, -0.1) is 5.75 Å². The SMILES string of the molecule is CC(C)(C)c1cc([N+](=O)[O-])cc(C=NC2CCCCC2N=Cc2cc([N+](=O)[O-])cc(C(C)(C)C)c2O)c1O.[Mn].[O-]c1ccc(Oc2ccccc2)cc1. The van der Waals surface area contributed by atoms with Crippen molar-refractivity contribution in [2.45, 2.75) is 90.1 Å². The Balaban J connectivity index is 0.000000420. The molecule has 0 spiro atoms. The third-order valence-electron chi connectivity index (χ3n) is 8.59. The number of rotatable bonds is 8. The smallest absolute Gasteiger partial charge is 0.270 e. The second kappa shape index (κ2) is 18.0. The molecule has 5 rings (SSSR count). The quantitative estimate of drug-likeness (QED) is 0.0771. The maximum atomic E-state index is 11.5. The van der Waals surface area contributed by atoms with Crippen molar-refractivity contribution in [3.8, 4) is 28.7 Å². The van der Waals surface area contributed by atoms with E-state index >= 15 is 0 Å². The largest absolute Gasteiger partial charge is 0.872 e. The molecule has 0 amide bonds. The number of phenols is 2. The zero-order valence-electron chi connectivity index (χ0n) is 30.7. The van der Waals surface area contributed by atoms with Crippen LogP contribution in [0.25, 0.3) is 0 Å². The normalized spacial score (nSPS) is 16.0. The van der Waals surface area contributed by atoms with Gasteiger partial charge in [0.2, 0.25) is 0 Å². The van der Waals surface area contributed by atoms with Crippen molar-refractivity contribution in [1.82, 2.24) is 0 Å². The summed E-state index contributed by atoms with van der Waals surface area (Å²) in [5, 5.41) is 55.5. The molecule has 1 fully saturated rings. The number of para-hydroxylation sites is 1. The van der Waals surface area contributed by atoms with Gasteiger partial charge in [-0.05, 0) is 47.9 Å². The molecule has 0 heterocycles. The summed E-state index contributed by atoms with van der Waals surface area (Å²) in [6.45, 7) is 11.2. The van der Waals surface area contributed by atoms with Crippen LogP contribution in [0.5, 0.6) is 28.7 Å². The van der Waals surface area contributed by atoms with Gasteiger partial charge >= 0.3 is 0 Å². The molecule has 2 unspecified atom stereocenters. The maximum absolute atomic E-state index is 11.5. The molecule has 4 aromatic carbocycles. The Labute approximate surface area is 320 Å². The minimum absolute atomic E-state index is 0. The summed E-state index contributed by atoms with van der Waals surface area (Å²) in [5.74, 6) is 1.35. The van der Waals surface area contributed by atoms with Gasteiger partial charge in [-0.3, -0.25) is 30.2 Å². The zero-order chi connectivity index (χ0) is 38.2. The summed E-state index contributed by atoms with van der Waals surface area (Å²) >= 11 is 0. The van der Waals surface area contributed by atoms with E-state index in [0.29, 0.717) is 16.9 Å². The number of non-ortho nitro benzene ring substituents is 2. The Morgan fingerprint density at radius 2 is 1.08 bits per heavy atom. The first kappa shape index (κ1) is 42.2. The summed E-state index contributed by atoms with van der Waals surface area (Å²) in [4.78, 5) is 31.3. The average molecular weight is 765 g/mol. The van der Waals surface area contributed by atoms with Gasteiger partial charge in [0, 0.05) is 76.0 Å². The molecule has 1 aliphatic rings. The van der Waals surface area contributed by atoms with Crippen LogP contribution in [0.15, 0.2) is 88.8 Å². The molecule has 2 N–H and O–H groups in total. The summed E-state index contributed by atoms with van der Waals surface area (Å²) in [6, 6.07) is 20.6. The molecule has 0 saturated heterocycles. The molecule has 1 aliphatic carbocycles. The van der Waals surface area contributed by atoms with Crippen LogP contribution >= 0.6 is 0 Å². The van der Waals surface area contributed by atoms with E-state index in [1.54, 1.807) is 12.1 Å². The Bertz CT molecular complexity index is 1840. The van der Waals surface area contributed by atoms with Crippen molar-refractivity contribution in [3.05, 3.63) is 121 Å². The fraction of sp³-hybridized carbons (Fsp3) is 0.350. The number of hydrogen-bond acceptors (Lipinski definition) is 10. The zero-order valence-corrected chi connectivity index (χ0v) is 31.8. The summed E-state index contributed by atoms with van der Waals surface area (Å²) < 4.78 is 5.49. The summed E-state index contributed by atoms with van der Waals surface area (Å²) in [5.41, 5.74) is 0.188. The van der Waals surface area contributed by atoms with E-state index in [-0.39, 0.29) is 68.9 Å². The average Bonchev–Trinajstić information content (AvgIpc) is 3.08. The molecule has 2 atom stereocenters. The molecule has 0 aromatic heterocycles. The summed E-state index contributed by atoms with van der Waals surface area (Å²) in [7, 11) is 0. The van der Waals surface area contributed by atoms with E-state index in [1.165, 1.54) is 48.8 Å². The molecule has 4 aromatic rings. The van der Waals surface area contributed by atoms with Gasteiger partial charge < -0.3 is 20.1 Å². The van der Waals surface area contributed by atoms with E-state index in [2.05, 4.69) is 9.98 Å². The Morgan fingerprint density at radius 3 is 1.45 bits per heavy atom. The Hall–Kier alpha value is -5.26. The molecule has 0 aliphatic heterocycles. The van der Waals surface area contributed by atoms with Gasteiger partial charge in [-0.25, -0.2) is 0 Å². The van der Waals surface area contributed by atoms with Gasteiger partial charge in [0.15, 0.2) is 0 Å². The van der Waals surface area contributed by atoms with E-state index in [0.717, 1.165) is 31.4 Å². The second-order valence-electron chi connectivity index (χ2n) is 14.7. The van der Waals surface area contributed by atoms with Crippen molar-refractivity contribution in [2.75, 3.05) is 0 Å². The van der Waals surface area contributed by atoms with Crippen molar-refractivity contribution < 1.29 is 47.0 Å². The standard InChI is InChI=1S/C28H36N4O6.C12H10O2.Mn/c1-27(2,3)21-13-19(31(35)36)11-17(25(21)33)15-29-23-9-7-8-10-24(23)30-16-18-12-20(32(37)38)14-22(26(18)34)28(4,5)6;13-10-6-8-12(9-7-10)14-11-4-2-1-3-5-11;/h11-16,23-24,33-34H,7-10H2,1-6H3;1-9,13H;/p-1. The third kappa shape index (κ3) is 11.6. The van der Waals surface area contributed by atoms with Crippen LogP contribution in [0.2, 0.25) is 0 Å². The molecule has 13 heteroatoms. The molecule has 1 saturated carbocycles. The first-order valence-corrected chi connectivity index (χ1v) is 17.0. The monoisotopic (exact) mass is 764 g/mol. The fourth-order valence-corrected chi connectivity index (χ4v) is 5.76. The molecular formula is C40H45MnN4O8-. The number of ether oxygens (including phenoxy) is 1. The topological polar surface area (TPSA) is 184 Å². The first-order chi connectivity index (χ1) is 24.4. The predicted molar refractivity (Wildman–Crippen MR) is 201 cm³/mol. The number of aromatic hydroxyl groups is 2. The van der Waals surface area contributed by atoms with Crippen molar-refractivity contribution in [3.63, 3.8) is 0 Å². The number of nitrogens with zero attached hydrogens (tertiary/aromatic N) is 4. The van der Waals surface area contributed by atoms with Gasteiger partial charge in [0.25, 0.3) is 11.4 Å². The summed E-state index contributed by atoms with van der Waals surface area (Å²) in [6.07, 6.45) is 6.26. The predicted octanol–water partition coefficient (Wildman–Crippen LogP) is 8.91. The number of hydrogen-bond donors (Lipinski definition) is 2. The number of aliphatic imine (C=N–C) groups is 2. The van der Waals surface area contributed by atoms with Crippen LogP contribution < -0.4 is 9.84 Å². The first-order valence-electron chi connectivity index (χ1n) is 17.0. The molecular weight excluding hydrogens is 719 g/mol. The van der Waals surface area contributed by atoms with Gasteiger partial charge in [0.05, 0.1) is 21.9 Å². The second-order valence-corrected chi connectivity index (χ2v) is 14.7. The third-order valence-corrected chi connectivity index (χ3v) is 8.59. The van der Waals surface area contributed by atoms with E-state index in [4.69, 9.17) is 4.74 Å². The van der Waals surface area contributed by atoms with Crippen LogP contribution in [0.4, 0.5) is 11.4 Å². The van der Waals surface area contributed by atoms with Crippen LogP contribution in [0, 0.1) is 20.2 Å². The van der Waals surface area contributed by atoms with E-state index < -0.39 is 20.7 Å². The Morgan fingerprint density at radius 1 is 0.679 bits per heavy atom. The van der Waals surface area contributed by atoms with E-state index in [9.17, 15) is 35.5 Å². The van der Waals surface area contributed by atoms with Gasteiger partial charge in [-0.2, -0.15) is 0 Å². The van der Waals surface area contributed by atoms with Crippen LogP contribution in [-0.4, -0.2) is 44.6 Å². The minimum atomic E-state index is -0.511. The molecule has 53 heavy (non-hydrogen) atoms. The minimum Gasteiger partial charge on any atom is -0.872 e. The van der Waals surface area contributed by atoms with Crippen molar-refractivity contribution in [2.24, 2.45) is 9.98 Å². The number of phenolic OH excluding ortho intramolecular Hbond substituents is 2. The fourth-order valence-electron chi connectivity index (χ4n) is 5.76. The van der Waals surface area contributed by atoms with Crippen molar-refractivity contribution >= 4 is 23.8 Å². The van der Waals surface area contributed by atoms with Gasteiger partial charge in [0.1, 0.15) is 23.0 Å². The number of nitro benzene ring substituents is 2. The maximum Gasteiger partial charge on any atom is 0.270 e. The van der Waals surface area contributed by atoms with Crippen LogP contribution in [0.1, 0.15) is 89.5 Å². The van der Waals surface area contributed by atoms with Gasteiger partial charge in [-0.1, -0.05) is 84.7 Å². The molecule has 12 nitrogen and oxygen atoms in total. The number of nitro groups is 2. The van der Waals surface area contributed by atoms with Crippen LogP contribution in [-0.2, 0) is 27.9 Å². The molecule has 281 valence electrons. The van der Waals surface area contributed by atoms with E-state index in [1.807, 2.05) is 71.9 Å². The van der Waals surface area contributed by atoms with Crippen LogP contribution in [0.3, 0.4) is 0 Å². The Kier molecular flexibility index (Phi) is 14.3. The van der Waals surface area contributed by atoms with Crippen molar-refractivity contribution in [1.29, 1.82) is 0 Å².